The number of piperidine rings is 1. The van der Waals surface area contributed by atoms with Gasteiger partial charge in [-0.15, -0.1) is 0 Å². The molecule has 8 heteroatoms. The maximum Gasteiger partial charge on any atom is 0.407 e. The molecule has 0 aromatic heterocycles. The van der Waals surface area contributed by atoms with Crippen molar-refractivity contribution in [2.24, 2.45) is 5.41 Å². The van der Waals surface area contributed by atoms with Crippen molar-refractivity contribution in [1.82, 2.24) is 14.7 Å². The summed E-state index contributed by atoms with van der Waals surface area (Å²) in [5.74, 6) is -2.60. The Morgan fingerprint density at radius 2 is 1.81 bits per heavy atom. The van der Waals surface area contributed by atoms with Crippen molar-refractivity contribution in [1.29, 1.82) is 0 Å². The molecule has 1 aliphatic carbocycles. The molecule has 27 heavy (non-hydrogen) atoms. The second-order valence-corrected chi connectivity index (χ2v) is 9.12. The van der Waals surface area contributed by atoms with Gasteiger partial charge in [-0.05, 0) is 50.6 Å². The Balaban J connectivity index is 1.26. The van der Waals surface area contributed by atoms with Crippen LogP contribution in [-0.4, -0.2) is 96.4 Å². The van der Waals surface area contributed by atoms with Gasteiger partial charge in [-0.25, -0.2) is 13.6 Å². The van der Waals surface area contributed by atoms with Crippen LogP contribution in [0.15, 0.2) is 0 Å². The fourth-order valence-electron chi connectivity index (χ4n) is 5.91. The molecule has 3 saturated heterocycles. The summed E-state index contributed by atoms with van der Waals surface area (Å²) in [6.45, 7) is 3.49. The third-order valence-corrected chi connectivity index (χ3v) is 7.31. The fourth-order valence-corrected chi connectivity index (χ4v) is 5.91. The lowest BCUT2D eigenvalue weighted by Crippen LogP contribution is -2.56. The number of likely N-dealkylation sites (tertiary alicyclic amines) is 3. The lowest BCUT2D eigenvalue weighted by atomic mass is 9.64. The molecule has 0 aromatic rings. The van der Waals surface area contributed by atoms with Crippen molar-refractivity contribution in [3.05, 3.63) is 0 Å². The normalized spacial score (nSPS) is 37.8. The molecule has 0 unspecified atom stereocenters. The van der Waals surface area contributed by atoms with Crippen LogP contribution in [0.4, 0.5) is 13.6 Å². The number of methoxy groups -OCH3 is 1. The molecular weight excluding hydrogens is 356 g/mol. The number of carbonyl (C=O) groups is 1. The molecule has 3 aliphatic heterocycles. The summed E-state index contributed by atoms with van der Waals surface area (Å²) in [6, 6.07) is 0.585. The standard InChI is InChI=1S/C19H31F2N3O3/c1-27-11-16-10-19(20,21)13-24(16)14-2-5-22(6-3-14)15-8-18(9-15)4-7-23(12-18)17(25)26/h14-16H,2-13H2,1H3,(H,25,26)/t15?,16-,18?/m1/s1. The van der Waals surface area contributed by atoms with Crippen LogP contribution in [0.3, 0.4) is 0 Å². The Morgan fingerprint density at radius 3 is 2.41 bits per heavy atom. The van der Waals surface area contributed by atoms with Gasteiger partial charge in [0.15, 0.2) is 0 Å². The highest BCUT2D eigenvalue weighted by Gasteiger charge is 2.52. The number of nitrogens with zero attached hydrogens (tertiary/aromatic N) is 3. The smallest absolute Gasteiger partial charge is 0.407 e. The molecule has 0 bridgehead atoms. The topological polar surface area (TPSA) is 56.2 Å². The first-order valence-corrected chi connectivity index (χ1v) is 10.2. The third-order valence-electron chi connectivity index (χ3n) is 7.31. The zero-order chi connectivity index (χ0) is 19.2. The first-order valence-electron chi connectivity index (χ1n) is 10.2. The van der Waals surface area contributed by atoms with Gasteiger partial charge in [0.1, 0.15) is 0 Å². The van der Waals surface area contributed by atoms with Gasteiger partial charge in [0.25, 0.3) is 5.92 Å². The van der Waals surface area contributed by atoms with Crippen molar-refractivity contribution in [3.63, 3.8) is 0 Å². The van der Waals surface area contributed by atoms with Crippen LogP contribution in [-0.2, 0) is 4.74 Å². The summed E-state index contributed by atoms with van der Waals surface area (Å²) in [6.07, 6.45) is 4.11. The minimum absolute atomic E-state index is 0.0910. The summed E-state index contributed by atoms with van der Waals surface area (Å²) >= 11 is 0. The van der Waals surface area contributed by atoms with Crippen LogP contribution in [0, 0.1) is 5.41 Å². The zero-order valence-corrected chi connectivity index (χ0v) is 16.1. The van der Waals surface area contributed by atoms with E-state index in [1.165, 1.54) is 0 Å². The van der Waals surface area contributed by atoms with Gasteiger partial charge in [-0.1, -0.05) is 0 Å². The number of amides is 1. The van der Waals surface area contributed by atoms with Crippen LogP contribution >= 0.6 is 0 Å². The molecule has 1 amide bonds. The minimum atomic E-state index is -2.60. The van der Waals surface area contributed by atoms with Crippen molar-refractivity contribution in [2.45, 2.75) is 62.6 Å². The molecule has 1 spiro atoms. The van der Waals surface area contributed by atoms with E-state index in [2.05, 4.69) is 4.90 Å². The quantitative estimate of drug-likeness (QED) is 0.803. The molecule has 0 aromatic carbocycles. The molecular formula is C19H31F2N3O3. The highest BCUT2D eigenvalue weighted by Crippen LogP contribution is 2.50. The molecule has 4 rings (SSSR count). The molecule has 0 radical (unpaired) electrons. The van der Waals surface area contributed by atoms with E-state index in [1.54, 1.807) is 12.0 Å². The highest BCUT2D eigenvalue weighted by atomic mass is 19.3. The Hall–Kier alpha value is -0.990. The number of carboxylic acid groups (broad SMARTS) is 1. The van der Waals surface area contributed by atoms with E-state index in [1.807, 2.05) is 4.90 Å². The van der Waals surface area contributed by atoms with Crippen LogP contribution in [0.2, 0.25) is 0 Å². The number of rotatable bonds is 4. The maximum atomic E-state index is 13.9. The molecule has 1 atom stereocenters. The second-order valence-electron chi connectivity index (χ2n) is 9.12. The SMILES string of the molecule is COC[C@H]1CC(F)(F)CN1C1CCN(C2CC3(CCN(C(=O)O)C3)C2)CC1. The predicted molar refractivity (Wildman–Crippen MR) is 96.2 cm³/mol. The Kier molecular flexibility index (Phi) is 5.10. The van der Waals surface area contributed by atoms with E-state index in [9.17, 15) is 13.6 Å². The molecule has 4 aliphatic rings. The van der Waals surface area contributed by atoms with Gasteiger partial charge < -0.3 is 19.6 Å². The predicted octanol–water partition coefficient (Wildman–Crippen LogP) is 2.34. The van der Waals surface area contributed by atoms with E-state index >= 15 is 0 Å². The Morgan fingerprint density at radius 1 is 1.11 bits per heavy atom. The number of halogens is 2. The van der Waals surface area contributed by atoms with Gasteiger partial charge >= 0.3 is 6.09 Å². The van der Waals surface area contributed by atoms with E-state index in [0.717, 1.165) is 45.2 Å². The average Bonchev–Trinajstić information content (AvgIpc) is 3.16. The lowest BCUT2D eigenvalue weighted by Gasteiger charge is -2.52. The van der Waals surface area contributed by atoms with Gasteiger partial charge in [-0.3, -0.25) is 4.90 Å². The summed E-state index contributed by atoms with van der Waals surface area (Å²) in [7, 11) is 1.58. The Bertz CT molecular complexity index is 562. The van der Waals surface area contributed by atoms with Gasteiger partial charge in [-0.2, -0.15) is 0 Å². The number of hydrogen-bond acceptors (Lipinski definition) is 4. The summed E-state index contributed by atoms with van der Waals surface area (Å²) in [5.41, 5.74) is 0.195. The van der Waals surface area contributed by atoms with Crippen molar-refractivity contribution in [2.75, 3.05) is 46.4 Å². The van der Waals surface area contributed by atoms with Crippen LogP contribution < -0.4 is 0 Å². The minimum Gasteiger partial charge on any atom is -0.465 e. The zero-order valence-electron chi connectivity index (χ0n) is 16.1. The van der Waals surface area contributed by atoms with Gasteiger partial charge in [0, 0.05) is 44.7 Å². The van der Waals surface area contributed by atoms with Crippen LogP contribution in [0.5, 0.6) is 0 Å². The number of ether oxygens (including phenoxy) is 1. The van der Waals surface area contributed by atoms with E-state index in [-0.39, 0.29) is 30.5 Å². The van der Waals surface area contributed by atoms with E-state index < -0.39 is 12.0 Å². The van der Waals surface area contributed by atoms with Crippen LogP contribution in [0.25, 0.3) is 0 Å². The van der Waals surface area contributed by atoms with Gasteiger partial charge in [0.05, 0.1) is 13.2 Å². The second kappa shape index (κ2) is 7.12. The number of hydrogen-bond donors (Lipinski definition) is 1. The lowest BCUT2D eigenvalue weighted by molar-refractivity contribution is -0.0261. The van der Waals surface area contributed by atoms with E-state index in [4.69, 9.17) is 9.84 Å². The molecule has 3 heterocycles. The molecule has 1 saturated carbocycles. The van der Waals surface area contributed by atoms with Crippen molar-refractivity contribution in [3.8, 4) is 0 Å². The monoisotopic (exact) mass is 387 g/mol. The molecule has 154 valence electrons. The van der Waals surface area contributed by atoms with Crippen molar-refractivity contribution < 1.29 is 23.4 Å². The van der Waals surface area contributed by atoms with Crippen LogP contribution in [0.1, 0.15) is 38.5 Å². The summed E-state index contributed by atoms with van der Waals surface area (Å²) in [4.78, 5) is 17.2. The fraction of sp³-hybridized carbons (Fsp3) is 0.947. The third kappa shape index (κ3) is 3.80. The first-order chi connectivity index (χ1) is 12.8. The molecule has 6 nitrogen and oxygen atoms in total. The highest BCUT2D eigenvalue weighted by molar-refractivity contribution is 5.65. The first kappa shape index (κ1) is 19.3. The Labute approximate surface area is 159 Å². The van der Waals surface area contributed by atoms with E-state index in [0.29, 0.717) is 25.7 Å². The number of alkyl halides is 2. The largest absolute Gasteiger partial charge is 0.465 e. The van der Waals surface area contributed by atoms with Crippen molar-refractivity contribution >= 4 is 6.09 Å². The van der Waals surface area contributed by atoms with Gasteiger partial charge in [0.2, 0.25) is 0 Å². The summed E-state index contributed by atoms with van der Waals surface area (Å²) < 4.78 is 33.0. The maximum absolute atomic E-state index is 13.9. The molecule has 4 fully saturated rings. The summed E-state index contributed by atoms with van der Waals surface area (Å²) in [5, 5.41) is 9.16. The average molecular weight is 387 g/mol. The molecule has 1 N–H and O–H groups in total.